The Kier molecular flexibility index (Phi) is 2.33. The van der Waals surface area contributed by atoms with Gasteiger partial charge in [0.05, 0.1) is 6.20 Å². The van der Waals surface area contributed by atoms with Crippen LogP contribution in [0.5, 0.6) is 0 Å². The predicted octanol–water partition coefficient (Wildman–Crippen LogP) is 2.03. The van der Waals surface area contributed by atoms with Crippen LogP contribution in [0.2, 0.25) is 0 Å². The van der Waals surface area contributed by atoms with Crippen LogP contribution in [0.25, 0.3) is 6.08 Å². The molecule has 0 aliphatic carbocycles. The van der Waals surface area contributed by atoms with Gasteiger partial charge in [0.2, 0.25) is 0 Å². The van der Waals surface area contributed by atoms with Crippen molar-refractivity contribution in [3.8, 4) is 0 Å². The van der Waals surface area contributed by atoms with Crippen LogP contribution < -0.4 is 0 Å². The van der Waals surface area contributed by atoms with Gasteiger partial charge in [-0.2, -0.15) is 0 Å². The summed E-state index contributed by atoms with van der Waals surface area (Å²) in [5.74, 6) is 2.48. The molecule has 15 heavy (non-hydrogen) atoms. The molecular formula is C12H16N2O. The first-order valence-electron chi connectivity index (χ1n) is 5.73. The highest BCUT2D eigenvalue weighted by atomic mass is 16.5. The summed E-state index contributed by atoms with van der Waals surface area (Å²) in [6.07, 6.45) is 8.79. The van der Waals surface area contributed by atoms with Gasteiger partial charge < -0.3 is 9.42 Å². The summed E-state index contributed by atoms with van der Waals surface area (Å²) in [6, 6.07) is 1.90. The van der Waals surface area contributed by atoms with Gasteiger partial charge in [0.25, 0.3) is 0 Å². The molecule has 3 aliphatic rings. The van der Waals surface area contributed by atoms with E-state index in [-0.39, 0.29) is 0 Å². The van der Waals surface area contributed by atoms with E-state index in [1.54, 1.807) is 6.20 Å². The number of hydrogen-bond acceptors (Lipinski definition) is 3. The molecule has 0 spiro atoms. The normalized spacial score (nSPS) is 35.1. The maximum atomic E-state index is 5.05. The van der Waals surface area contributed by atoms with Gasteiger partial charge in [0.1, 0.15) is 0 Å². The minimum Gasteiger partial charge on any atom is -0.357 e. The fourth-order valence-electron chi connectivity index (χ4n) is 2.76. The van der Waals surface area contributed by atoms with Gasteiger partial charge in [-0.3, -0.25) is 0 Å². The van der Waals surface area contributed by atoms with Crippen molar-refractivity contribution >= 4 is 6.08 Å². The monoisotopic (exact) mass is 204 g/mol. The van der Waals surface area contributed by atoms with E-state index >= 15 is 0 Å². The molecule has 0 amide bonds. The minimum absolute atomic E-state index is 0.720. The van der Waals surface area contributed by atoms with Gasteiger partial charge in [0.15, 0.2) is 5.76 Å². The van der Waals surface area contributed by atoms with E-state index in [1.165, 1.54) is 32.5 Å². The molecule has 4 heterocycles. The summed E-state index contributed by atoms with van der Waals surface area (Å²) in [7, 11) is 0. The lowest BCUT2D eigenvalue weighted by Crippen LogP contribution is -2.46. The summed E-state index contributed by atoms with van der Waals surface area (Å²) in [5.41, 5.74) is 0. The molecule has 0 radical (unpaired) electrons. The van der Waals surface area contributed by atoms with Crippen molar-refractivity contribution in [3.05, 3.63) is 24.1 Å². The average Bonchev–Trinajstić information content (AvgIpc) is 2.81. The first-order chi connectivity index (χ1) is 7.42. The second-order valence-electron chi connectivity index (χ2n) is 4.58. The van der Waals surface area contributed by atoms with Crippen molar-refractivity contribution in [2.45, 2.75) is 12.8 Å². The Hall–Kier alpha value is -1.09. The molecule has 1 unspecified atom stereocenters. The third-order valence-corrected chi connectivity index (χ3v) is 3.67. The minimum atomic E-state index is 0.720. The molecule has 3 heteroatoms. The van der Waals surface area contributed by atoms with Crippen LogP contribution in [0.3, 0.4) is 0 Å². The van der Waals surface area contributed by atoms with Crippen molar-refractivity contribution in [2.75, 3.05) is 19.6 Å². The molecule has 1 aromatic rings. The smallest absolute Gasteiger partial charge is 0.159 e. The summed E-state index contributed by atoms with van der Waals surface area (Å²) >= 11 is 0. The molecule has 0 aromatic carbocycles. The van der Waals surface area contributed by atoms with Gasteiger partial charge in [0, 0.05) is 12.6 Å². The second kappa shape index (κ2) is 3.81. The Morgan fingerprint density at radius 1 is 1.40 bits per heavy atom. The topological polar surface area (TPSA) is 29.3 Å². The molecule has 80 valence electrons. The zero-order valence-corrected chi connectivity index (χ0v) is 8.80. The summed E-state index contributed by atoms with van der Waals surface area (Å²) in [5, 5.41) is 3.70. The van der Waals surface area contributed by atoms with Gasteiger partial charge in [-0.15, -0.1) is 0 Å². The van der Waals surface area contributed by atoms with Crippen LogP contribution in [-0.2, 0) is 0 Å². The second-order valence-corrected chi connectivity index (χ2v) is 4.58. The van der Waals surface area contributed by atoms with Crippen molar-refractivity contribution in [3.63, 3.8) is 0 Å². The van der Waals surface area contributed by atoms with Gasteiger partial charge >= 0.3 is 0 Å². The Labute approximate surface area is 89.7 Å². The quantitative estimate of drug-likeness (QED) is 0.738. The van der Waals surface area contributed by atoms with Gasteiger partial charge in [-0.25, -0.2) is 0 Å². The molecule has 1 aromatic heterocycles. The lowest BCUT2D eigenvalue weighted by atomic mass is 9.79. The van der Waals surface area contributed by atoms with Crippen molar-refractivity contribution in [2.24, 2.45) is 11.8 Å². The fraction of sp³-hybridized carbons (Fsp3) is 0.583. The fourth-order valence-corrected chi connectivity index (χ4v) is 2.76. The van der Waals surface area contributed by atoms with E-state index in [0.717, 1.165) is 17.6 Å². The van der Waals surface area contributed by atoms with E-state index in [0.29, 0.717) is 0 Å². The first-order valence-corrected chi connectivity index (χ1v) is 5.73. The molecule has 3 aliphatic heterocycles. The van der Waals surface area contributed by atoms with E-state index < -0.39 is 0 Å². The largest absolute Gasteiger partial charge is 0.357 e. The molecular weight excluding hydrogens is 188 g/mol. The van der Waals surface area contributed by atoms with Gasteiger partial charge in [-0.05, 0) is 43.8 Å². The molecule has 3 fully saturated rings. The third kappa shape index (κ3) is 1.84. The lowest BCUT2D eigenvalue weighted by Gasteiger charge is -2.43. The highest BCUT2D eigenvalue weighted by molar-refractivity contribution is 5.42. The highest BCUT2D eigenvalue weighted by Crippen LogP contribution is 2.33. The Morgan fingerprint density at radius 3 is 2.87 bits per heavy atom. The Bertz CT molecular complexity index is 337. The van der Waals surface area contributed by atoms with Crippen molar-refractivity contribution < 1.29 is 4.52 Å². The number of fused-ring (bicyclic) bond motifs is 3. The average molecular weight is 204 g/mol. The van der Waals surface area contributed by atoms with Crippen molar-refractivity contribution in [1.29, 1.82) is 0 Å². The molecule has 1 atom stereocenters. The molecule has 0 saturated carbocycles. The molecule has 3 nitrogen and oxygen atoms in total. The van der Waals surface area contributed by atoms with E-state index in [9.17, 15) is 0 Å². The zero-order valence-electron chi connectivity index (χ0n) is 8.80. The maximum absolute atomic E-state index is 5.05. The third-order valence-electron chi connectivity index (χ3n) is 3.67. The number of aromatic nitrogens is 1. The molecule has 2 bridgehead atoms. The molecule has 4 rings (SSSR count). The van der Waals surface area contributed by atoms with Crippen molar-refractivity contribution in [1.82, 2.24) is 10.1 Å². The van der Waals surface area contributed by atoms with E-state index in [1.807, 2.05) is 6.07 Å². The number of nitrogens with zero attached hydrogens (tertiary/aromatic N) is 2. The van der Waals surface area contributed by atoms with Crippen LogP contribution in [0.4, 0.5) is 0 Å². The molecule has 0 N–H and O–H groups in total. The number of rotatable bonds is 2. The highest BCUT2D eigenvalue weighted by Gasteiger charge is 2.32. The molecule has 3 saturated heterocycles. The van der Waals surface area contributed by atoms with Crippen LogP contribution in [0.15, 0.2) is 22.9 Å². The van der Waals surface area contributed by atoms with Gasteiger partial charge in [-0.1, -0.05) is 11.2 Å². The van der Waals surface area contributed by atoms with Crippen LogP contribution in [-0.4, -0.2) is 29.7 Å². The van der Waals surface area contributed by atoms with Crippen LogP contribution in [0, 0.1) is 11.8 Å². The standard InChI is InChI=1S/C12H16N2O/c1(2-12-3-6-13-15-12)11-9-14-7-4-10(11)5-8-14/h1-3,6,10-11H,4-5,7-9H2/b2-1-. The van der Waals surface area contributed by atoms with E-state index in [2.05, 4.69) is 22.2 Å². The zero-order chi connectivity index (χ0) is 10.1. The van der Waals surface area contributed by atoms with Crippen LogP contribution in [0.1, 0.15) is 18.6 Å². The summed E-state index contributed by atoms with van der Waals surface area (Å²) in [6.45, 7) is 3.84. The predicted molar refractivity (Wildman–Crippen MR) is 58.2 cm³/mol. The summed E-state index contributed by atoms with van der Waals surface area (Å²) < 4.78 is 5.05. The van der Waals surface area contributed by atoms with E-state index in [4.69, 9.17) is 4.52 Å². The summed E-state index contributed by atoms with van der Waals surface area (Å²) in [4.78, 5) is 2.56. The number of piperidine rings is 3. The Morgan fingerprint density at radius 2 is 2.27 bits per heavy atom. The number of hydrogen-bond donors (Lipinski definition) is 0. The first kappa shape index (κ1) is 9.16. The van der Waals surface area contributed by atoms with Crippen LogP contribution >= 0.6 is 0 Å². The lowest BCUT2D eigenvalue weighted by molar-refractivity contribution is 0.0739. The Balaban J connectivity index is 1.68. The maximum Gasteiger partial charge on any atom is 0.159 e. The SMILES string of the molecule is C(=C/C1CN2CCC1CC2)/c1ccno1.